The zero-order valence-electron chi connectivity index (χ0n) is 7.39. The summed E-state index contributed by atoms with van der Waals surface area (Å²) >= 11 is 1.23. The van der Waals surface area contributed by atoms with Crippen LogP contribution in [0.15, 0.2) is 20.8 Å². The fourth-order valence-electron chi connectivity index (χ4n) is 0.903. The topological polar surface area (TPSA) is 101 Å². The third-order valence-corrected chi connectivity index (χ3v) is 2.28. The van der Waals surface area contributed by atoms with Gasteiger partial charge in [0.15, 0.2) is 5.01 Å². The molecule has 0 radical (unpaired) electrons. The standard InChI is InChI=1S/C7H6N4O3S/c12-5(6-8-1-2-15-6)9-3-4-10-11-7(13)14-4/h1-2H,3H2,(H,9,12)(H,11,13). The van der Waals surface area contributed by atoms with Crippen LogP contribution in [-0.2, 0) is 6.54 Å². The van der Waals surface area contributed by atoms with Crippen LogP contribution in [0.5, 0.6) is 0 Å². The monoisotopic (exact) mass is 226 g/mol. The van der Waals surface area contributed by atoms with Gasteiger partial charge in [-0.2, -0.15) is 0 Å². The van der Waals surface area contributed by atoms with Crippen molar-refractivity contribution in [2.45, 2.75) is 6.54 Å². The molecule has 7 nitrogen and oxygen atoms in total. The van der Waals surface area contributed by atoms with Crippen LogP contribution in [-0.4, -0.2) is 21.1 Å². The van der Waals surface area contributed by atoms with E-state index in [1.54, 1.807) is 5.38 Å². The van der Waals surface area contributed by atoms with Crippen LogP contribution < -0.4 is 11.1 Å². The lowest BCUT2D eigenvalue weighted by molar-refractivity contribution is 0.0946. The van der Waals surface area contributed by atoms with Crippen molar-refractivity contribution >= 4 is 17.2 Å². The molecule has 0 aliphatic rings. The Hall–Kier alpha value is -1.96. The molecule has 78 valence electrons. The molecule has 2 aromatic rings. The summed E-state index contributed by atoms with van der Waals surface area (Å²) in [5.74, 6) is -0.839. The molecule has 2 aromatic heterocycles. The van der Waals surface area contributed by atoms with E-state index >= 15 is 0 Å². The average molecular weight is 226 g/mol. The van der Waals surface area contributed by atoms with Crippen molar-refractivity contribution in [3.63, 3.8) is 0 Å². The maximum atomic E-state index is 11.4. The largest absolute Gasteiger partial charge is 0.434 e. The van der Waals surface area contributed by atoms with Gasteiger partial charge in [-0.1, -0.05) is 0 Å². The minimum atomic E-state index is -0.645. The number of hydrogen-bond acceptors (Lipinski definition) is 6. The van der Waals surface area contributed by atoms with E-state index in [1.807, 2.05) is 0 Å². The van der Waals surface area contributed by atoms with Crippen LogP contribution >= 0.6 is 11.3 Å². The van der Waals surface area contributed by atoms with Gasteiger partial charge < -0.3 is 9.73 Å². The van der Waals surface area contributed by atoms with E-state index in [0.29, 0.717) is 5.01 Å². The summed E-state index contributed by atoms with van der Waals surface area (Å²) in [4.78, 5) is 25.7. The quantitative estimate of drug-likeness (QED) is 0.751. The van der Waals surface area contributed by atoms with Crippen molar-refractivity contribution in [3.05, 3.63) is 33.0 Å². The third-order valence-electron chi connectivity index (χ3n) is 1.51. The zero-order valence-corrected chi connectivity index (χ0v) is 8.21. The Bertz CT molecular complexity index is 500. The van der Waals surface area contributed by atoms with Crippen LogP contribution in [0.4, 0.5) is 0 Å². The van der Waals surface area contributed by atoms with Gasteiger partial charge >= 0.3 is 5.76 Å². The number of nitrogens with one attached hydrogen (secondary N) is 2. The van der Waals surface area contributed by atoms with Gasteiger partial charge in [0.1, 0.15) is 0 Å². The highest BCUT2D eigenvalue weighted by molar-refractivity contribution is 7.11. The van der Waals surface area contributed by atoms with E-state index in [1.165, 1.54) is 17.5 Å². The Labute approximate surface area is 87.2 Å². The number of amides is 1. The number of rotatable bonds is 3. The normalized spacial score (nSPS) is 10.1. The van der Waals surface area contributed by atoms with Crippen LogP contribution in [0.2, 0.25) is 0 Å². The van der Waals surface area contributed by atoms with Gasteiger partial charge in [-0.05, 0) is 0 Å². The lowest BCUT2D eigenvalue weighted by Gasteiger charge is -1.97. The first-order valence-corrected chi connectivity index (χ1v) is 4.86. The van der Waals surface area contributed by atoms with Crippen molar-refractivity contribution in [2.24, 2.45) is 0 Å². The summed E-state index contributed by atoms with van der Waals surface area (Å²) < 4.78 is 4.60. The first-order valence-electron chi connectivity index (χ1n) is 3.98. The molecule has 2 rings (SSSR count). The number of carbonyl (C=O) groups is 1. The Morgan fingerprint density at radius 1 is 1.67 bits per heavy atom. The van der Waals surface area contributed by atoms with Crippen molar-refractivity contribution in [1.29, 1.82) is 0 Å². The molecule has 0 bridgehead atoms. The van der Waals surface area contributed by atoms with E-state index in [-0.39, 0.29) is 18.3 Å². The Kier molecular flexibility index (Phi) is 2.59. The summed E-state index contributed by atoms with van der Waals surface area (Å²) in [6.45, 7) is 0.0527. The number of nitrogens with zero attached hydrogens (tertiary/aromatic N) is 2. The van der Waals surface area contributed by atoms with Gasteiger partial charge in [-0.25, -0.2) is 14.9 Å². The molecule has 0 aromatic carbocycles. The number of aromatic nitrogens is 3. The highest BCUT2D eigenvalue weighted by Gasteiger charge is 2.09. The minimum absolute atomic E-state index is 0.0527. The fraction of sp³-hybridized carbons (Fsp3) is 0.143. The molecule has 2 N–H and O–H groups in total. The molecule has 0 saturated heterocycles. The third kappa shape index (κ3) is 2.29. The molecule has 0 unspecified atom stereocenters. The lowest BCUT2D eigenvalue weighted by Crippen LogP contribution is -2.22. The Balaban J connectivity index is 1.94. The van der Waals surface area contributed by atoms with Crippen molar-refractivity contribution in [1.82, 2.24) is 20.5 Å². The van der Waals surface area contributed by atoms with Crippen molar-refractivity contribution < 1.29 is 9.21 Å². The van der Waals surface area contributed by atoms with E-state index < -0.39 is 5.76 Å². The number of hydrogen-bond donors (Lipinski definition) is 2. The lowest BCUT2D eigenvalue weighted by atomic mass is 10.5. The highest BCUT2D eigenvalue weighted by Crippen LogP contribution is 2.03. The predicted octanol–water partition coefficient (Wildman–Crippen LogP) is -0.251. The van der Waals surface area contributed by atoms with Crippen LogP contribution in [0.1, 0.15) is 15.7 Å². The molecule has 0 aliphatic carbocycles. The van der Waals surface area contributed by atoms with E-state index in [4.69, 9.17) is 0 Å². The maximum absolute atomic E-state index is 11.4. The molecule has 15 heavy (non-hydrogen) atoms. The van der Waals surface area contributed by atoms with E-state index in [0.717, 1.165) is 0 Å². The first kappa shape index (κ1) is 9.59. The number of aromatic amines is 1. The van der Waals surface area contributed by atoms with Gasteiger partial charge in [-0.3, -0.25) is 4.79 Å². The maximum Gasteiger partial charge on any atom is 0.434 e. The fourth-order valence-corrected chi connectivity index (χ4v) is 1.45. The number of thiazole rings is 1. The molecule has 0 aliphatic heterocycles. The minimum Gasteiger partial charge on any atom is -0.391 e. The molecule has 1 amide bonds. The van der Waals surface area contributed by atoms with Gasteiger partial charge in [0, 0.05) is 11.6 Å². The number of carbonyl (C=O) groups excluding carboxylic acids is 1. The van der Waals surface area contributed by atoms with Crippen LogP contribution in [0.3, 0.4) is 0 Å². The first-order chi connectivity index (χ1) is 7.25. The average Bonchev–Trinajstić information content (AvgIpc) is 2.84. The predicted molar refractivity (Wildman–Crippen MR) is 50.4 cm³/mol. The molecule has 2 heterocycles. The second-order valence-electron chi connectivity index (χ2n) is 2.53. The Morgan fingerprint density at radius 2 is 2.53 bits per heavy atom. The molecule has 0 spiro atoms. The smallest absolute Gasteiger partial charge is 0.391 e. The second kappa shape index (κ2) is 4.05. The summed E-state index contributed by atoms with van der Waals surface area (Å²) in [7, 11) is 0. The molecular weight excluding hydrogens is 220 g/mol. The van der Waals surface area contributed by atoms with Crippen molar-refractivity contribution in [2.75, 3.05) is 0 Å². The Morgan fingerprint density at radius 3 is 3.13 bits per heavy atom. The van der Waals surface area contributed by atoms with Gasteiger partial charge in [-0.15, -0.1) is 16.4 Å². The highest BCUT2D eigenvalue weighted by atomic mass is 32.1. The van der Waals surface area contributed by atoms with Gasteiger partial charge in [0.25, 0.3) is 5.91 Å². The number of H-pyrrole nitrogens is 1. The zero-order chi connectivity index (χ0) is 10.7. The summed E-state index contributed by atoms with van der Waals surface area (Å²) in [5.41, 5.74) is 0. The summed E-state index contributed by atoms with van der Waals surface area (Å²) in [6, 6.07) is 0. The van der Waals surface area contributed by atoms with Gasteiger partial charge in [0.05, 0.1) is 6.54 Å². The molecular formula is C7H6N4O3S. The van der Waals surface area contributed by atoms with E-state index in [9.17, 15) is 9.59 Å². The van der Waals surface area contributed by atoms with Crippen LogP contribution in [0.25, 0.3) is 0 Å². The van der Waals surface area contributed by atoms with Crippen LogP contribution in [0, 0.1) is 0 Å². The summed E-state index contributed by atoms with van der Waals surface area (Å²) in [5, 5.41) is 10.2. The summed E-state index contributed by atoms with van der Waals surface area (Å²) in [6.07, 6.45) is 1.54. The molecule has 0 saturated carbocycles. The molecule has 0 fully saturated rings. The van der Waals surface area contributed by atoms with E-state index in [2.05, 4.69) is 24.9 Å². The second-order valence-corrected chi connectivity index (χ2v) is 3.42. The van der Waals surface area contributed by atoms with Crippen molar-refractivity contribution in [3.8, 4) is 0 Å². The van der Waals surface area contributed by atoms with Gasteiger partial charge in [0.2, 0.25) is 5.89 Å². The molecule has 8 heteroatoms. The SMILES string of the molecule is O=C(NCc1n[nH]c(=O)o1)c1nccs1. The molecule has 0 atom stereocenters.